The van der Waals surface area contributed by atoms with Gasteiger partial charge in [0, 0.05) is 31.9 Å². The molecular formula is C15H23ClFN3O. The minimum Gasteiger partial charge on any atom is -0.368 e. The van der Waals surface area contributed by atoms with E-state index >= 15 is 0 Å². The van der Waals surface area contributed by atoms with E-state index in [2.05, 4.69) is 4.90 Å². The van der Waals surface area contributed by atoms with Gasteiger partial charge in [-0.2, -0.15) is 0 Å². The van der Waals surface area contributed by atoms with Crippen molar-refractivity contribution in [3.05, 3.63) is 30.1 Å². The number of benzene rings is 1. The van der Waals surface area contributed by atoms with Crippen molar-refractivity contribution >= 4 is 24.0 Å². The molecule has 1 fully saturated rings. The number of halogens is 2. The molecule has 0 spiro atoms. The van der Waals surface area contributed by atoms with Crippen molar-refractivity contribution in [2.75, 3.05) is 31.1 Å². The Balaban J connectivity index is 0.00000220. The molecule has 0 aliphatic carbocycles. The maximum Gasteiger partial charge on any atom is 0.239 e. The zero-order chi connectivity index (χ0) is 14.7. The van der Waals surface area contributed by atoms with Gasteiger partial charge in [0.2, 0.25) is 5.91 Å². The topological polar surface area (TPSA) is 49.6 Å². The fourth-order valence-corrected chi connectivity index (χ4v) is 2.33. The summed E-state index contributed by atoms with van der Waals surface area (Å²) in [6.45, 7) is 6.74. The Labute approximate surface area is 131 Å². The molecule has 1 amide bonds. The van der Waals surface area contributed by atoms with Crippen LogP contribution in [0.25, 0.3) is 0 Å². The first kappa shape index (κ1) is 17.7. The van der Waals surface area contributed by atoms with E-state index in [0.29, 0.717) is 13.1 Å². The number of carbonyl (C=O) groups excluding carboxylic acids is 1. The van der Waals surface area contributed by atoms with Gasteiger partial charge in [0.25, 0.3) is 0 Å². The second kappa shape index (κ2) is 7.61. The summed E-state index contributed by atoms with van der Waals surface area (Å²) in [5.41, 5.74) is 6.90. The highest BCUT2D eigenvalue weighted by atomic mass is 35.5. The Morgan fingerprint density at radius 2 is 1.67 bits per heavy atom. The molecule has 1 saturated heterocycles. The summed E-state index contributed by atoms with van der Waals surface area (Å²) in [5.74, 6) is -0.0538. The Hall–Kier alpha value is -1.33. The van der Waals surface area contributed by atoms with Crippen molar-refractivity contribution in [1.82, 2.24) is 4.90 Å². The second-order valence-electron chi connectivity index (χ2n) is 5.56. The zero-order valence-electron chi connectivity index (χ0n) is 12.5. The Bertz CT molecular complexity index is 458. The summed E-state index contributed by atoms with van der Waals surface area (Å²) >= 11 is 0. The lowest BCUT2D eigenvalue weighted by Crippen LogP contribution is -2.54. The number of piperazine rings is 1. The number of hydrogen-bond donors (Lipinski definition) is 1. The van der Waals surface area contributed by atoms with Gasteiger partial charge < -0.3 is 15.5 Å². The van der Waals surface area contributed by atoms with E-state index in [1.165, 1.54) is 12.1 Å². The summed E-state index contributed by atoms with van der Waals surface area (Å²) in [5, 5.41) is 0. The highest BCUT2D eigenvalue weighted by Crippen LogP contribution is 2.17. The molecule has 4 nitrogen and oxygen atoms in total. The first-order valence-corrected chi connectivity index (χ1v) is 7.04. The van der Waals surface area contributed by atoms with Crippen molar-refractivity contribution in [1.29, 1.82) is 0 Å². The molecule has 0 saturated carbocycles. The predicted molar refractivity (Wildman–Crippen MR) is 85.3 cm³/mol. The van der Waals surface area contributed by atoms with Gasteiger partial charge >= 0.3 is 0 Å². The molecule has 2 N–H and O–H groups in total. The van der Waals surface area contributed by atoms with Crippen molar-refractivity contribution in [2.45, 2.75) is 19.9 Å². The van der Waals surface area contributed by atoms with Crippen LogP contribution in [0.15, 0.2) is 24.3 Å². The largest absolute Gasteiger partial charge is 0.368 e. The number of rotatable bonds is 3. The van der Waals surface area contributed by atoms with E-state index in [-0.39, 0.29) is 30.0 Å². The molecular weight excluding hydrogens is 293 g/mol. The second-order valence-corrected chi connectivity index (χ2v) is 5.56. The minimum absolute atomic E-state index is 0. The summed E-state index contributed by atoms with van der Waals surface area (Å²) < 4.78 is 12.9. The first-order valence-electron chi connectivity index (χ1n) is 7.04. The van der Waals surface area contributed by atoms with Crippen molar-refractivity contribution < 1.29 is 9.18 Å². The molecule has 1 aliphatic heterocycles. The standard InChI is InChI=1S/C15H22FN3O.ClH/c1-11(2)14(17)15(20)19-9-7-18(8-10-19)13-5-3-12(16)4-6-13;/h3-6,11,14H,7-10,17H2,1-2H3;1H/t14-;/m0./s1. The molecule has 21 heavy (non-hydrogen) atoms. The van der Waals surface area contributed by atoms with Crippen LogP contribution in [0.2, 0.25) is 0 Å². The SMILES string of the molecule is CC(C)[C@H](N)C(=O)N1CCN(c2ccc(F)cc2)CC1.Cl. The Morgan fingerprint density at radius 1 is 1.14 bits per heavy atom. The smallest absolute Gasteiger partial charge is 0.239 e. The summed E-state index contributed by atoms with van der Waals surface area (Å²) in [6.07, 6.45) is 0. The third kappa shape index (κ3) is 4.32. The molecule has 0 aromatic heterocycles. The number of carbonyl (C=O) groups is 1. The highest BCUT2D eigenvalue weighted by molar-refractivity contribution is 5.85. The number of amides is 1. The monoisotopic (exact) mass is 315 g/mol. The molecule has 6 heteroatoms. The van der Waals surface area contributed by atoms with Gasteiger partial charge in [-0.25, -0.2) is 4.39 Å². The first-order chi connectivity index (χ1) is 9.49. The van der Waals surface area contributed by atoms with E-state index in [1.807, 2.05) is 18.7 Å². The average molecular weight is 316 g/mol. The Morgan fingerprint density at radius 3 is 2.14 bits per heavy atom. The number of nitrogens with two attached hydrogens (primary N) is 1. The van der Waals surface area contributed by atoms with E-state index in [0.717, 1.165) is 18.8 Å². The van der Waals surface area contributed by atoms with Gasteiger partial charge in [0.05, 0.1) is 6.04 Å². The summed E-state index contributed by atoms with van der Waals surface area (Å²) in [4.78, 5) is 16.1. The molecule has 1 aromatic rings. The quantitative estimate of drug-likeness (QED) is 0.926. The van der Waals surface area contributed by atoms with Crippen LogP contribution in [0.3, 0.4) is 0 Å². The molecule has 0 radical (unpaired) electrons. The predicted octanol–water partition coefficient (Wildman–Crippen LogP) is 1.88. The molecule has 0 bridgehead atoms. The third-order valence-corrected chi connectivity index (χ3v) is 3.79. The lowest BCUT2D eigenvalue weighted by atomic mass is 10.0. The van der Waals surface area contributed by atoms with Crippen LogP contribution in [0, 0.1) is 11.7 Å². The van der Waals surface area contributed by atoms with Crippen LogP contribution in [0.5, 0.6) is 0 Å². The molecule has 118 valence electrons. The fraction of sp³-hybridized carbons (Fsp3) is 0.533. The lowest BCUT2D eigenvalue weighted by molar-refractivity contribution is -0.133. The molecule has 1 heterocycles. The van der Waals surface area contributed by atoms with Crippen LogP contribution in [0.4, 0.5) is 10.1 Å². The summed E-state index contributed by atoms with van der Waals surface area (Å²) in [7, 11) is 0. The van der Waals surface area contributed by atoms with Crippen molar-refractivity contribution in [3.8, 4) is 0 Å². The third-order valence-electron chi connectivity index (χ3n) is 3.79. The van der Waals surface area contributed by atoms with Gasteiger partial charge in [0.1, 0.15) is 5.82 Å². The molecule has 1 aromatic carbocycles. The molecule has 1 aliphatic rings. The number of anilines is 1. The average Bonchev–Trinajstić information content (AvgIpc) is 2.46. The normalized spacial score (nSPS) is 16.6. The molecule has 1 atom stereocenters. The minimum atomic E-state index is -0.424. The van der Waals surface area contributed by atoms with Crippen LogP contribution < -0.4 is 10.6 Å². The van der Waals surface area contributed by atoms with E-state index in [9.17, 15) is 9.18 Å². The van der Waals surface area contributed by atoms with E-state index in [4.69, 9.17) is 5.73 Å². The summed E-state index contributed by atoms with van der Waals surface area (Å²) in [6, 6.07) is 6.04. The van der Waals surface area contributed by atoms with E-state index in [1.54, 1.807) is 12.1 Å². The number of hydrogen-bond acceptors (Lipinski definition) is 3. The fourth-order valence-electron chi connectivity index (χ4n) is 2.33. The van der Waals surface area contributed by atoms with E-state index < -0.39 is 6.04 Å². The maximum absolute atomic E-state index is 12.9. The van der Waals surface area contributed by atoms with Crippen molar-refractivity contribution in [3.63, 3.8) is 0 Å². The van der Waals surface area contributed by atoms with Crippen molar-refractivity contribution in [2.24, 2.45) is 11.7 Å². The van der Waals surface area contributed by atoms with Crippen LogP contribution in [-0.4, -0.2) is 43.0 Å². The highest BCUT2D eigenvalue weighted by Gasteiger charge is 2.26. The van der Waals surface area contributed by atoms with Crippen LogP contribution in [-0.2, 0) is 4.79 Å². The molecule has 2 rings (SSSR count). The van der Waals surface area contributed by atoms with Gasteiger partial charge in [-0.3, -0.25) is 4.79 Å². The number of nitrogens with zero attached hydrogens (tertiary/aromatic N) is 2. The lowest BCUT2D eigenvalue weighted by Gasteiger charge is -2.37. The van der Waals surface area contributed by atoms with Gasteiger partial charge in [-0.15, -0.1) is 12.4 Å². The molecule has 0 unspecified atom stereocenters. The van der Waals surface area contributed by atoms with Crippen LogP contribution in [0.1, 0.15) is 13.8 Å². The zero-order valence-corrected chi connectivity index (χ0v) is 13.3. The Kier molecular flexibility index (Phi) is 6.42. The van der Waals surface area contributed by atoms with Crippen LogP contribution >= 0.6 is 12.4 Å². The van der Waals surface area contributed by atoms with Gasteiger partial charge in [-0.05, 0) is 30.2 Å². The maximum atomic E-state index is 12.9. The van der Waals surface area contributed by atoms with Gasteiger partial charge in [0.15, 0.2) is 0 Å². The van der Waals surface area contributed by atoms with Gasteiger partial charge in [-0.1, -0.05) is 13.8 Å².